The summed E-state index contributed by atoms with van der Waals surface area (Å²) in [7, 11) is -3.42. The third kappa shape index (κ3) is 4.64. The quantitative estimate of drug-likeness (QED) is 0.307. The van der Waals surface area contributed by atoms with Gasteiger partial charge in [-0.25, -0.2) is 27.3 Å². The molecule has 41 heavy (non-hydrogen) atoms. The Morgan fingerprint density at radius 1 is 1.00 bits per heavy atom. The van der Waals surface area contributed by atoms with Crippen LogP contribution in [0.2, 0.25) is 0 Å². The van der Waals surface area contributed by atoms with E-state index in [9.17, 15) is 22.0 Å². The second kappa shape index (κ2) is 9.52. The van der Waals surface area contributed by atoms with Gasteiger partial charge in [-0.15, -0.1) is 0 Å². The second-order valence-electron chi connectivity index (χ2n) is 9.95. The van der Waals surface area contributed by atoms with Crippen molar-refractivity contribution >= 4 is 27.4 Å². The van der Waals surface area contributed by atoms with Crippen molar-refractivity contribution in [3.8, 4) is 22.5 Å². The molecular formula is C27H22F2N8O3S. The molecule has 1 amide bonds. The lowest BCUT2D eigenvalue weighted by Gasteiger charge is -2.27. The first-order chi connectivity index (χ1) is 19.8. The molecule has 2 aliphatic rings. The first-order valence-electron chi connectivity index (χ1n) is 12.9. The molecule has 1 fully saturated rings. The van der Waals surface area contributed by atoms with E-state index in [4.69, 9.17) is 10.2 Å². The van der Waals surface area contributed by atoms with Gasteiger partial charge < -0.3 is 5.32 Å². The van der Waals surface area contributed by atoms with Gasteiger partial charge in [0.25, 0.3) is 5.91 Å². The predicted molar refractivity (Wildman–Crippen MR) is 144 cm³/mol. The summed E-state index contributed by atoms with van der Waals surface area (Å²) in [4.78, 5) is 20.4. The van der Waals surface area contributed by atoms with Crippen LogP contribution < -0.4 is 5.32 Å². The van der Waals surface area contributed by atoms with Gasteiger partial charge in [-0.3, -0.25) is 9.48 Å². The number of fused-ring (bicyclic) bond motifs is 2. The van der Waals surface area contributed by atoms with Crippen molar-refractivity contribution in [2.75, 3.05) is 11.9 Å². The summed E-state index contributed by atoms with van der Waals surface area (Å²) >= 11 is 0. The lowest BCUT2D eigenvalue weighted by molar-refractivity contribution is 0.102. The molecule has 5 heterocycles. The zero-order valence-corrected chi connectivity index (χ0v) is 22.2. The van der Waals surface area contributed by atoms with Gasteiger partial charge in [0.05, 0.1) is 41.5 Å². The van der Waals surface area contributed by atoms with Gasteiger partial charge in [0.1, 0.15) is 11.5 Å². The molecule has 5 aromatic rings. The third-order valence-electron chi connectivity index (χ3n) is 7.17. The number of anilines is 1. The Morgan fingerprint density at radius 2 is 1.80 bits per heavy atom. The number of carbonyl (C=O) groups is 1. The lowest BCUT2D eigenvalue weighted by Crippen LogP contribution is -2.40. The van der Waals surface area contributed by atoms with Crippen LogP contribution in [-0.2, 0) is 23.1 Å². The van der Waals surface area contributed by atoms with Crippen LogP contribution >= 0.6 is 0 Å². The Morgan fingerprint density at radius 3 is 2.56 bits per heavy atom. The highest BCUT2D eigenvalue weighted by atomic mass is 32.2. The molecule has 1 aromatic carbocycles. The summed E-state index contributed by atoms with van der Waals surface area (Å²) in [5.74, 6) is -1.52. The van der Waals surface area contributed by atoms with Crippen LogP contribution in [0.1, 0.15) is 28.9 Å². The number of carbonyl (C=O) groups excluding carboxylic acids is 1. The van der Waals surface area contributed by atoms with Crippen molar-refractivity contribution in [3.63, 3.8) is 0 Å². The van der Waals surface area contributed by atoms with E-state index in [0.717, 1.165) is 6.07 Å². The minimum Gasteiger partial charge on any atom is -0.305 e. The average molecular weight is 577 g/mol. The van der Waals surface area contributed by atoms with Crippen molar-refractivity contribution in [1.82, 2.24) is 33.7 Å². The van der Waals surface area contributed by atoms with Crippen LogP contribution in [0.3, 0.4) is 0 Å². The fourth-order valence-electron chi connectivity index (χ4n) is 4.98. The maximum Gasteiger partial charge on any atom is 0.257 e. The number of hydrogen-bond donors (Lipinski definition) is 1. The molecule has 1 N–H and O–H groups in total. The van der Waals surface area contributed by atoms with Crippen LogP contribution in [0.15, 0.2) is 60.9 Å². The SMILES string of the molecule is O=C(Nc1cn2nc(-c3c(-c4ccc(F)cc4)nn4c3CN(S(=O)(=O)C3CC3)CC4)ccc2n1)c1ccnc(F)c1. The van der Waals surface area contributed by atoms with Crippen LogP contribution in [0.5, 0.6) is 0 Å². The fourth-order valence-corrected chi connectivity index (χ4v) is 6.77. The summed E-state index contributed by atoms with van der Waals surface area (Å²) in [6, 6.07) is 11.8. The number of nitrogens with one attached hydrogen (secondary N) is 1. The van der Waals surface area contributed by atoms with Gasteiger partial charge >= 0.3 is 0 Å². The van der Waals surface area contributed by atoms with Gasteiger partial charge in [0.15, 0.2) is 11.5 Å². The lowest BCUT2D eigenvalue weighted by atomic mass is 10.0. The molecule has 4 aromatic heterocycles. The maximum absolute atomic E-state index is 13.7. The highest BCUT2D eigenvalue weighted by Crippen LogP contribution is 2.38. The summed E-state index contributed by atoms with van der Waals surface area (Å²) in [5.41, 5.74) is 3.53. The van der Waals surface area contributed by atoms with Crippen LogP contribution in [0, 0.1) is 11.8 Å². The zero-order chi connectivity index (χ0) is 28.3. The molecule has 1 saturated carbocycles. The second-order valence-corrected chi connectivity index (χ2v) is 12.2. The Labute approximate surface area is 232 Å². The Hall–Kier alpha value is -4.56. The highest BCUT2D eigenvalue weighted by molar-refractivity contribution is 7.90. The number of pyridine rings is 1. The molecule has 11 nitrogen and oxygen atoms in total. The van der Waals surface area contributed by atoms with Crippen LogP contribution in [-0.4, -0.2) is 59.8 Å². The number of aromatic nitrogens is 6. The molecule has 7 rings (SSSR count). The topological polar surface area (TPSA) is 127 Å². The first kappa shape index (κ1) is 25.4. The molecule has 0 saturated heterocycles. The molecule has 0 bridgehead atoms. The third-order valence-corrected chi connectivity index (χ3v) is 9.52. The Kier molecular flexibility index (Phi) is 5.90. The molecule has 0 radical (unpaired) electrons. The van der Waals surface area contributed by atoms with Gasteiger partial charge in [0.2, 0.25) is 16.0 Å². The molecule has 1 aliphatic heterocycles. The normalized spacial score (nSPS) is 15.7. The number of sulfonamides is 1. The smallest absolute Gasteiger partial charge is 0.257 e. The van der Waals surface area contributed by atoms with Crippen molar-refractivity contribution < 1.29 is 22.0 Å². The summed E-state index contributed by atoms with van der Waals surface area (Å²) in [6.45, 7) is 0.818. The number of imidazole rings is 1. The molecule has 0 spiro atoms. The number of halogens is 2. The van der Waals surface area contributed by atoms with Crippen LogP contribution in [0.4, 0.5) is 14.6 Å². The maximum atomic E-state index is 13.7. The fraction of sp³-hybridized carbons (Fsp3) is 0.222. The van der Waals surface area contributed by atoms with E-state index in [1.165, 1.54) is 39.4 Å². The van der Waals surface area contributed by atoms with E-state index in [0.29, 0.717) is 59.8 Å². The number of benzene rings is 1. The Balaban J connectivity index is 1.28. The number of hydrogen-bond acceptors (Lipinski definition) is 7. The number of nitrogens with zero attached hydrogens (tertiary/aromatic N) is 7. The molecular weight excluding hydrogens is 554 g/mol. The Bertz CT molecular complexity index is 1930. The molecule has 0 atom stereocenters. The van der Waals surface area contributed by atoms with Gasteiger partial charge in [-0.1, -0.05) is 0 Å². The largest absolute Gasteiger partial charge is 0.305 e. The minimum atomic E-state index is -3.42. The van der Waals surface area contributed by atoms with E-state index < -0.39 is 21.9 Å². The zero-order valence-electron chi connectivity index (χ0n) is 21.4. The van der Waals surface area contributed by atoms with E-state index in [1.807, 2.05) is 0 Å². The monoisotopic (exact) mass is 576 g/mol. The van der Waals surface area contributed by atoms with Crippen molar-refractivity contribution in [2.24, 2.45) is 0 Å². The molecule has 0 unspecified atom stereocenters. The summed E-state index contributed by atoms with van der Waals surface area (Å²) < 4.78 is 58.1. The first-order valence-corrected chi connectivity index (χ1v) is 14.4. The van der Waals surface area contributed by atoms with E-state index in [1.54, 1.807) is 28.9 Å². The van der Waals surface area contributed by atoms with Gasteiger partial charge in [-0.05, 0) is 55.3 Å². The van der Waals surface area contributed by atoms with E-state index in [-0.39, 0.29) is 29.0 Å². The number of amides is 1. The standard InChI is InChI=1S/C27H22F2N8O3S/c28-18-3-1-16(2-4-18)26-25(21-14-35(11-12-36(21)34-26)41(39,40)19-5-6-19)20-7-8-24-31-23(15-37(24)33-20)32-27(38)17-9-10-30-22(29)13-17/h1-4,7-10,13,15,19H,5-6,11-12,14H2,(H,32,38). The molecule has 208 valence electrons. The van der Waals surface area contributed by atoms with Crippen LogP contribution in [0.25, 0.3) is 28.2 Å². The van der Waals surface area contributed by atoms with Crippen molar-refractivity contribution in [3.05, 3.63) is 83.9 Å². The molecule has 1 aliphatic carbocycles. The van der Waals surface area contributed by atoms with E-state index >= 15 is 0 Å². The number of rotatable bonds is 6. The average Bonchev–Trinajstić information content (AvgIpc) is 3.65. The summed E-state index contributed by atoms with van der Waals surface area (Å²) in [5, 5.41) is 11.8. The minimum absolute atomic E-state index is 0.0874. The van der Waals surface area contributed by atoms with Gasteiger partial charge in [0, 0.05) is 29.9 Å². The van der Waals surface area contributed by atoms with Crippen molar-refractivity contribution in [2.45, 2.75) is 31.2 Å². The van der Waals surface area contributed by atoms with Gasteiger partial charge in [-0.2, -0.15) is 18.9 Å². The summed E-state index contributed by atoms with van der Waals surface area (Å²) in [6.07, 6.45) is 4.05. The van der Waals surface area contributed by atoms with E-state index in [2.05, 4.69) is 15.3 Å². The highest BCUT2D eigenvalue weighted by Gasteiger charge is 2.42. The van der Waals surface area contributed by atoms with Crippen molar-refractivity contribution in [1.29, 1.82) is 0 Å². The predicted octanol–water partition coefficient (Wildman–Crippen LogP) is 3.49. The molecule has 14 heteroatoms.